The van der Waals surface area contributed by atoms with E-state index in [1.807, 2.05) is 75.4 Å². The summed E-state index contributed by atoms with van der Waals surface area (Å²) in [5.41, 5.74) is 3.27. The molecule has 0 saturated carbocycles. The minimum Gasteiger partial charge on any atom is -0.420 e. The van der Waals surface area contributed by atoms with Crippen LogP contribution in [-0.4, -0.2) is 11.8 Å². The molecule has 1 aliphatic rings. The van der Waals surface area contributed by atoms with Crippen molar-refractivity contribution in [2.24, 2.45) is 0 Å². The van der Waals surface area contributed by atoms with E-state index in [1.165, 1.54) is 5.56 Å². The molecule has 22 heavy (non-hydrogen) atoms. The van der Waals surface area contributed by atoms with Gasteiger partial charge in [-0.25, -0.2) is 4.79 Å². The smallest absolute Gasteiger partial charge is 0.420 e. The molecule has 1 saturated heterocycles. The van der Waals surface area contributed by atoms with E-state index < -0.39 is 11.8 Å². The third-order valence-electron chi connectivity index (χ3n) is 3.70. The van der Waals surface area contributed by atoms with Crippen molar-refractivity contribution in [2.75, 3.05) is 0 Å². The molecule has 0 aliphatic carbocycles. The minimum atomic E-state index is -0.785. The number of rotatable bonds is 2. The number of carbonyl (C=O) groups is 1. The lowest BCUT2D eigenvalue weighted by molar-refractivity contribution is 0.0873. The molecular formula is C19H18O3. The molecule has 3 nitrogen and oxygen atoms in total. The summed E-state index contributed by atoms with van der Waals surface area (Å²) in [6.07, 6.45) is -0.652. The molecule has 1 heterocycles. The Morgan fingerprint density at radius 2 is 1.50 bits per heavy atom. The number of carbonyl (C=O) groups excluding carboxylic acids is 1. The summed E-state index contributed by atoms with van der Waals surface area (Å²) in [6, 6.07) is 18.1. The molecule has 0 bridgehead atoms. The first-order valence-corrected chi connectivity index (χ1v) is 7.25. The van der Waals surface area contributed by atoms with E-state index >= 15 is 0 Å². The van der Waals surface area contributed by atoms with Gasteiger partial charge in [0.1, 0.15) is 0 Å². The Hall–Kier alpha value is -2.55. The average Bonchev–Trinajstić information content (AvgIpc) is 2.75. The second kappa shape index (κ2) is 5.34. The highest BCUT2D eigenvalue weighted by molar-refractivity contribution is 5.85. The second-order valence-electron chi connectivity index (χ2n) is 5.90. The maximum Gasteiger partial charge on any atom is 0.514 e. The monoisotopic (exact) mass is 294 g/mol. The Morgan fingerprint density at radius 1 is 0.909 bits per heavy atom. The van der Waals surface area contributed by atoms with E-state index in [-0.39, 0.29) is 0 Å². The molecule has 0 unspecified atom stereocenters. The molecule has 3 rings (SSSR count). The van der Waals surface area contributed by atoms with E-state index in [2.05, 4.69) is 0 Å². The molecule has 112 valence electrons. The molecule has 3 heteroatoms. The van der Waals surface area contributed by atoms with Gasteiger partial charge in [-0.05, 0) is 31.9 Å². The van der Waals surface area contributed by atoms with Crippen molar-refractivity contribution in [2.45, 2.75) is 26.4 Å². The Bertz CT molecular complexity index is 725. The van der Waals surface area contributed by atoms with Crippen LogP contribution in [0, 0.1) is 6.92 Å². The molecule has 0 amide bonds. The lowest BCUT2D eigenvalue weighted by Gasteiger charge is -2.19. The van der Waals surface area contributed by atoms with Gasteiger partial charge in [0.2, 0.25) is 0 Å². The van der Waals surface area contributed by atoms with Crippen molar-refractivity contribution in [3.63, 3.8) is 0 Å². The first-order chi connectivity index (χ1) is 10.5. The topological polar surface area (TPSA) is 35.5 Å². The highest BCUT2D eigenvalue weighted by Crippen LogP contribution is 2.39. The van der Waals surface area contributed by atoms with E-state index in [1.54, 1.807) is 0 Å². The molecular weight excluding hydrogens is 276 g/mol. The van der Waals surface area contributed by atoms with Crippen molar-refractivity contribution in [1.29, 1.82) is 0 Å². The Morgan fingerprint density at radius 3 is 2.05 bits per heavy atom. The molecule has 0 spiro atoms. The predicted octanol–water partition coefficient (Wildman–Crippen LogP) is 4.70. The van der Waals surface area contributed by atoms with Crippen LogP contribution in [0.2, 0.25) is 0 Å². The number of aryl methyl sites for hydroxylation is 1. The van der Waals surface area contributed by atoms with Gasteiger partial charge in [0.15, 0.2) is 11.4 Å². The third-order valence-corrected chi connectivity index (χ3v) is 3.70. The van der Waals surface area contributed by atoms with Crippen LogP contribution in [0.4, 0.5) is 4.79 Å². The van der Waals surface area contributed by atoms with Crippen molar-refractivity contribution >= 4 is 11.7 Å². The van der Waals surface area contributed by atoms with Gasteiger partial charge in [-0.3, -0.25) is 0 Å². The SMILES string of the molecule is Cc1ccc(/C(=C2\OC(=O)OC2(C)C)c2ccccc2)cc1. The van der Waals surface area contributed by atoms with Gasteiger partial charge in [0.25, 0.3) is 0 Å². The van der Waals surface area contributed by atoms with Crippen LogP contribution in [-0.2, 0) is 9.47 Å². The van der Waals surface area contributed by atoms with Crippen LogP contribution < -0.4 is 0 Å². The highest BCUT2D eigenvalue weighted by Gasteiger charge is 2.42. The van der Waals surface area contributed by atoms with Gasteiger partial charge in [0.05, 0.1) is 0 Å². The van der Waals surface area contributed by atoms with Crippen LogP contribution in [0.5, 0.6) is 0 Å². The Kier molecular flexibility index (Phi) is 3.49. The molecule has 0 aromatic heterocycles. The van der Waals surface area contributed by atoms with Crippen molar-refractivity contribution in [3.8, 4) is 0 Å². The maximum atomic E-state index is 11.6. The van der Waals surface area contributed by atoms with E-state index in [0.717, 1.165) is 16.7 Å². The largest absolute Gasteiger partial charge is 0.514 e. The first-order valence-electron chi connectivity index (χ1n) is 7.25. The third kappa shape index (κ3) is 2.62. The first kappa shape index (κ1) is 14.4. The van der Waals surface area contributed by atoms with E-state index in [0.29, 0.717) is 5.76 Å². The van der Waals surface area contributed by atoms with Crippen molar-refractivity contribution in [3.05, 3.63) is 77.0 Å². The van der Waals surface area contributed by atoms with Gasteiger partial charge in [-0.2, -0.15) is 0 Å². The predicted molar refractivity (Wildman–Crippen MR) is 85.3 cm³/mol. The molecule has 1 fully saturated rings. The quantitative estimate of drug-likeness (QED) is 0.753. The minimum absolute atomic E-state index is 0.549. The summed E-state index contributed by atoms with van der Waals surface area (Å²) in [7, 11) is 0. The van der Waals surface area contributed by atoms with Crippen LogP contribution in [0.15, 0.2) is 60.4 Å². The fraction of sp³-hybridized carbons (Fsp3) is 0.211. The Balaban J connectivity index is 2.24. The summed E-state index contributed by atoms with van der Waals surface area (Å²) in [5, 5.41) is 0. The normalized spacial score (nSPS) is 18.6. The van der Waals surface area contributed by atoms with Gasteiger partial charge < -0.3 is 9.47 Å². The summed E-state index contributed by atoms with van der Waals surface area (Å²) < 4.78 is 10.7. The molecule has 0 radical (unpaired) electrons. The number of cyclic esters (lactones) is 2. The van der Waals surface area contributed by atoms with Crippen molar-refractivity contribution < 1.29 is 14.3 Å². The standard InChI is InChI=1S/C19H18O3/c1-13-9-11-15(12-10-13)16(14-7-5-4-6-8-14)17-19(2,3)22-18(20)21-17/h4-12H,1-3H3/b17-16-. The van der Waals surface area contributed by atoms with Crippen LogP contribution >= 0.6 is 0 Å². The summed E-state index contributed by atoms with van der Waals surface area (Å²) in [6.45, 7) is 5.72. The number of benzene rings is 2. The number of hydrogen-bond acceptors (Lipinski definition) is 3. The Labute approximate surface area is 130 Å². The van der Waals surface area contributed by atoms with Crippen LogP contribution in [0.3, 0.4) is 0 Å². The molecule has 2 aromatic carbocycles. The van der Waals surface area contributed by atoms with Gasteiger partial charge in [0, 0.05) is 5.57 Å². The maximum absolute atomic E-state index is 11.6. The second-order valence-corrected chi connectivity index (χ2v) is 5.90. The zero-order valence-electron chi connectivity index (χ0n) is 12.9. The van der Waals surface area contributed by atoms with E-state index in [9.17, 15) is 4.79 Å². The zero-order valence-corrected chi connectivity index (χ0v) is 12.9. The lowest BCUT2D eigenvalue weighted by atomic mass is 9.91. The van der Waals surface area contributed by atoms with E-state index in [4.69, 9.17) is 9.47 Å². The highest BCUT2D eigenvalue weighted by atomic mass is 16.8. The van der Waals surface area contributed by atoms with Crippen LogP contribution in [0.25, 0.3) is 5.57 Å². The fourth-order valence-electron chi connectivity index (χ4n) is 2.59. The molecule has 0 atom stereocenters. The average molecular weight is 294 g/mol. The fourth-order valence-corrected chi connectivity index (χ4v) is 2.59. The summed E-state index contributed by atoms with van der Waals surface area (Å²) >= 11 is 0. The molecule has 2 aromatic rings. The molecule has 1 aliphatic heterocycles. The lowest BCUT2D eigenvalue weighted by Crippen LogP contribution is -2.21. The molecule has 0 N–H and O–H groups in total. The van der Waals surface area contributed by atoms with Gasteiger partial charge in [-0.1, -0.05) is 60.2 Å². The summed E-state index contributed by atoms with van der Waals surface area (Å²) in [4.78, 5) is 11.6. The zero-order chi connectivity index (χ0) is 15.7. The van der Waals surface area contributed by atoms with Gasteiger partial charge in [-0.15, -0.1) is 0 Å². The van der Waals surface area contributed by atoms with Crippen molar-refractivity contribution in [1.82, 2.24) is 0 Å². The number of hydrogen-bond donors (Lipinski definition) is 0. The van der Waals surface area contributed by atoms with Gasteiger partial charge >= 0.3 is 6.16 Å². The van der Waals surface area contributed by atoms with Crippen LogP contribution in [0.1, 0.15) is 30.5 Å². The number of ether oxygens (including phenoxy) is 2. The summed E-state index contributed by atoms with van der Waals surface area (Å²) in [5.74, 6) is 0.549.